The van der Waals surface area contributed by atoms with Gasteiger partial charge in [-0.3, -0.25) is 4.79 Å². The largest absolute Gasteiger partial charge is 0.497 e. The van der Waals surface area contributed by atoms with Crippen LogP contribution in [0.1, 0.15) is 23.2 Å². The predicted octanol–water partition coefficient (Wildman–Crippen LogP) is 1.78. The summed E-state index contributed by atoms with van der Waals surface area (Å²) in [5.41, 5.74) is 6.89. The fourth-order valence-corrected chi connectivity index (χ4v) is 2.48. The van der Waals surface area contributed by atoms with Crippen LogP contribution in [-0.4, -0.2) is 44.7 Å². The highest BCUT2D eigenvalue weighted by atomic mass is 16.5. The molecule has 2 rings (SSSR count). The molecule has 0 atom stereocenters. The molecule has 5 nitrogen and oxygen atoms in total. The minimum Gasteiger partial charge on any atom is -0.497 e. The summed E-state index contributed by atoms with van der Waals surface area (Å²) >= 11 is 0. The summed E-state index contributed by atoms with van der Waals surface area (Å²) in [4.78, 5) is 14.2. The van der Waals surface area contributed by atoms with Crippen molar-refractivity contribution in [3.05, 3.63) is 23.8 Å². The second kappa shape index (κ2) is 6.61. The van der Waals surface area contributed by atoms with Crippen molar-refractivity contribution in [1.29, 1.82) is 0 Å². The lowest BCUT2D eigenvalue weighted by atomic mass is 9.99. The molecule has 20 heavy (non-hydrogen) atoms. The number of nitrogens with two attached hydrogens (primary N) is 1. The van der Waals surface area contributed by atoms with E-state index < -0.39 is 0 Å². The highest BCUT2D eigenvalue weighted by Gasteiger charge is 2.20. The summed E-state index contributed by atoms with van der Waals surface area (Å²) in [6, 6.07) is 5.11. The molecule has 1 aliphatic rings. The van der Waals surface area contributed by atoms with Crippen molar-refractivity contribution in [1.82, 2.24) is 4.90 Å². The number of methoxy groups -OCH3 is 1. The molecule has 0 aliphatic carbocycles. The number of rotatable bonds is 4. The van der Waals surface area contributed by atoms with Crippen LogP contribution >= 0.6 is 0 Å². The van der Waals surface area contributed by atoms with E-state index in [9.17, 15) is 4.79 Å². The third-order valence-corrected chi connectivity index (χ3v) is 3.63. The van der Waals surface area contributed by atoms with E-state index in [1.165, 1.54) is 0 Å². The molecule has 0 unspecified atom stereocenters. The number of hydrogen-bond donors (Lipinski definition) is 1. The molecule has 5 heteroatoms. The number of anilines is 1. The van der Waals surface area contributed by atoms with Gasteiger partial charge in [-0.05, 0) is 30.9 Å². The Bertz CT molecular complexity index is 470. The molecular formula is C15H22N2O3. The van der Waals surface area contributed by atoms with Crippen LogP contribution in [0.25, 0.3) is 0 Å². The number of carbonyl (C=O) groups is 1. The van der Waals surface area contributed by atoms with Gasteiger partial charge >= 0.3 is 0 Å². The molecular weight excluding hydrogens is 256 g/mol. The van der Waals surface area contributed by atoms with Gasteiger partial charge in [0.15, 0.2) is 0 Å². The molecule has 1 heterocycles. The molecule has 0 saturated carbocycles. The van der Waals surface area contributed by atoms with Crippen molar-refractivity contribution in [2.45, 2.75) is 12.8 Å². The van der Waals surface area contributed by atoms with E-state index in [1.54, 1.807) is 30.2 Å². The first-order valence-corrected chi connectivity index (χ1v) is 6.88. The van der Waals surface area contributed by atoms with Gasteiger partial charge < -0.3 is 20.1 Å². The smallest absolute Gasteiger partial charge is 0.253 e. The van der Waals surface area contributed by atoms with Gasteiger partial charge in [-0.15, -0.1) is 0 Å². The lowest BCUT2D eigenvalue weighted by Crippen LogP contribution is -2.34. The van der Waals surface area contributed by atoms with Gasteiger partial charge in [0.1, 0.15) is 5.75 Å². The molecule has 1 aromatic carbocycles. The second-order valence-electron chi connectivity index (χ2n) is 5.24. The first-order valence-electron chi connectivity index (χ1n) is 6.88. The summed E-state index contributed by atoms with van der Waals surface area (Å²) in [5.74, 6) is 1.09. The number of carbonyl (C=O) groups excluding carboxylic acids is 1. The van der Waals surface area contributed by atoms with Crippen LogP contribution in [0.5, 0.6) is 5.75 Å². The highest BCUT2D eigenvalue weighted by Crippen LogP contribution is 2.21. The third kappa shape index (κ3) is 3.63. The second-order valence-corrected chi connectivity index (χ2v) is 5.24. The number of ether oxygens (including phenoxy) is 2. The Hall–Kier alpha value is -1.75. The topological polar surface area (TPSA) is 64.8 Å². The van der Waals surface area contributed by atoms with E-state index in [2.05, 4.69) is 0 Å². The van der Waals surface area contributed by atoms with Gasteiger partial charge in [-0.2, -0.15) is 0 Å². The zero-order valence-electron chi connectivity index (χ0n) is 12.1. The average Bonchev–Trinajstić information content (AvgIpc) is 2.46. The molecule has 2 N–H and O–H groups in total. The number of nitrogen functional groups attached to an aromatic ring is 1. The van der Waals surface area contributed by atoms with Gasteiger partial charge in [0.25, 0.3) is 5.91 Å². The molecule has 0 aromatic heterocycles. The Morgan fingerprint density at radius 1 is 1.40 bits per heavy atom. The highest BCUT2D eigenvalue weighted by molar-refractivity contribution is 5.95. The molecule has 1 amide bonds. The number of benzene rings is 1. The molecule has 1 saturated heterocycles. The fraction of sp³-hybridized carbons (Fsp3) is 0.533. The molecule has 0 bridgehead atoms. The van der Waals surface area contributed by atoms with Crippen molar-refractivity contribution in [3.63, 3.8) is 0 Å². The minimum atomic E-state index is -0.0258. The summed E-state index contributed by atoms with van der Waals surface area (Å²) < 4.78 is 10.5. The number of amides is 1. The maximum absolute atomic E-state index is 12.4. The number of nitrogens with zero attached hydrogens (tertiary/aromatic N) is 1. The first-order chi connectivity index (χ1) is 9.60. The van der Waals surface area contributed by atoms with Crippen molar-refractivity contribution in [3.8, 4) is 5.75 Å². The molecule has 0 radical (unpaired) electrons. The maximum Gasteiger partial charge on any atom is 0.253 e. The van der Waals surface area contributed by atoms with Crippen LogP contribution in [-0.2, 0) is 4.74 Å². The average molecular weight is 278 g/mol. The van der Waals surface area contributed by atoms with Crippen LogP contribution in [0.15, 0.2) is 18.2 Å². The molecule has 1 aliphatic heterocycles. The van der Waals surface area contributed by atoms with Crippen molar-refractivity contribution in [2.75, 3.05) is 39.6 Å². The quantitative estimate of drug-likeness (QED) is 0.853. The van der Waals surface area contributed by atoms with E-state index in [4.69, 9.17) is 15.2 Å². The maximum atomic E-state index is 12.4. The molecule has 110 valence electrons. The summed E-state index contributed by atoms with van der Waals surface area (Å²) in [5, 5.41) is 0. The third-order valence-electron chi connectivity index (χ3n) is 3.63. The van der Waals surface area contributed by atoms with Crippen LogP contribution in [0.2, 0.25) is 0 Å². The van der Waals surface area contributed by atoms with E-state index in [-0.39, 0.29) is 5.91 Å². The zero-order valence-corrected chi connectivity index (χ0v) is 12.1. The van der Waals surface area contributed by atoms with Gasteiger partial charge in [0.05, 0.1) is 7.11 Å². The zero-order chi connectivity index (χ0) is 14.5. The lowest BCUT2D eigenvalue weighted by Gasteiger charge is -2.27. The predicted molar refractivity (Wildman–Crippen MR) is 77.9 cm³/mol. The minimum absolute atomic E-state index is 0.0258. The van der Waals surface area contributed by atoms with Crippen molar-refractivity contribution >= 4 is 11.6 Å². The normalized spacial score (nSPS) is 15.9. The number of hydrogen-bond acceptors (Lipinski definition) is 4. The Balaban J connectivity index is 2.03. The molecule has 1 aromatic rings. The lowest BCUT2D eigenvalue weighted by molar-refractivity contribution is 0.0497. The van der Waals surface area contributed by atoms with Gasteiger partial charge in [0.2, 0.25) is 0 Å². The summed E-state index contributed by atoms with van der Waals surface area (Å²) in [7, 11) is 3.39. The molecule has 0 spiro atoms. The Morgan fingerprint density at radius 2 is 2.10 bits per heavy atom. The Labute approximate surface area is 119 Å². The fourth-order valence-electron chi connectivity index (χ4n) is 2.48. The van der Waals surface area contributed by atoms with Crippen LogP contribution in [0, 0.1) is 5.92 Å². The van der Waals surface area contributed by atoms with Crippen molar-refractivity contribution in [2.24, 2.45) is 5.92 Å². The van der Waals surface area contributed by atoms with Crippen LogP contribution < -0.4 is 10.5 Å². The van der Waals surface area contributed by atoms with Gasteiger partial charge in [0, 0.05) is 44.1 Å². The van der Waals surface area contributed by atoms with Gasteiger partial charge in [-0.25, -0.2) is 0 Å². The van der Waals surface area contributed by atoms with Gasteiger partial charge in [-0.1, -0.05) is 0 Å². The molecule has 1 fully saturated rings. The van der Waals surface area contributed by atoms with E-state index in [1.807, 2.05) is 7.05 Å². The monoisotopic (exact) mass is 278 g/mol. The Morgan fingerprint density at radius 3 is 2.75 bits per heavy atom. The van der Waals surface area contributed by atoms with Crippen LogP contribution in [0.3, 0.4) is 0 Å². The van der Waals surface area contributed by atoms with Crippen molar-refractivity contribution < 1.29 is 14.3 Å². The summed E-state index contributed by atoms with van der Waals surface area (Å²) in [6.45, 7) is 2.33. The SMILES string of the molecule is COc1cc(N)cc(C(=O)N(C)CC2CCOCC2)c1. The van der Waals surface area contributed by atoms with E-state index in [0.29, 0.717) is 22.9 Å². The van der Waals surface area contributed by atoms with E-state index >= 15 is 0 Å². The van der Waals surface area contributed by atoms with Crippen LogP contribution in [0.4, 0.5) is 5.69 Å². The summed E-state index contributed by atoms with van der Waals surface area (Å²) in [6.07, 6.45) is 2.02. The first kappa shape index (κ1) is 14.7. The van der Waals surface area contributed by atoms with E-state index in [0.717, 1.165) is 32.6 Å². The Kier molecular flexibility index (Phi) is 4.84. The standard InChI is InChI=1S/C15H22N2O3/c1-17(10-11-3-5-20-6-4-11)15(18)12-7-13(16)9-14(8-12)19-2/h7-9,11H,3-6,10,16H2,1-2H3.